The lowest BCUT2D eigenvalue weighted by Gasteiger charge is -2.23. The van der Waals surface area contributed by atoms with Crippen LogP contribution in [-0.4, -0.2) is 50.6 Å². The summed E-state index contributed by atoms with van der Waals surface area (Å²) in [6.07, 6.45) is 0.907. The summed E-state index contributed by atoms with van der Waals surface area (Å²) in [6, 6.07) is 11.0. The molecule has 1 saturated heterocycles. The molecule has 2 aliphatic rings. The van der Waals surface area contributed by atoms with Gasteiger partial charge in [-0.15, -0.1) is 11.3 Å². The zero-order valence-electron chi connectivity index (χ0n) is 14.8. The highest BCUT2D eigenvalue weighted by Crippen LogP contribution is 2.25. The van der Waals surface area contributed by atoms with E-state index in [0.717, 1.165) is 24.5 Å². The monoisotopic (exact) mass is 419 g/mol. The first-order valence-corrected chi connectivity index (χ1v) is 9.94. The van der Waals surface area contributed by atoms with Crippen LogP contribution in [0, 0.1) is 0 Å². The van der Waals surface area contributed by atoms with E-state index in [-0.39, 0.29) is 12.5 Å². The SMILES string of the molecule is O=C(NCC1CN(c2ccc(N3C=NNCC3)cc2)C(=O)O1)c1ccc(Cl)s1. The number of amides is 2. The van der Waals surface area contributed by atoms with E-state index in [2.05, 4.69) is 15.8 Å². The summed E-state index contributed by atoms with van der Waals surface area (Å²) in [5.41, 5.74) is 4.65. The third-order valence-corrected chi connectivity index (χ3v) is 5.64. The first-order valence-electron chi connectivity index (χ1n) is 8.74. The number of rotatable bonds is 5. The largest absolute Gasteiger partial charge is 0.442 e. The van der Waals surface area contributed by atoms with Crippen molar-refractivity contribution < 1.29 is 14.3 Å². The Kier molecular flexibility index (Phi) is 5.36. The van der Waals surface area contributed by atoms with Crippen LogP contribution >= 0.6 is 22.9 Å². The second kappa shape index (κ2) is 8.07. The van der Waals surface area contributed by atoms with Crippen molar-refractivity contribution in [3.8, 4) is 0 Å². The van der Waals surface area contributed by atoms with Crippen molar-refractivity contribution in [1.29, 1.82) is 0 Å². The second-order valence-electron chi connectivity index (χ2n) is 6.29. The average molecular weight is 420 g/mol. The van der Waals surface area contributed by atoms with Crippen molar-refractivity contribution in [2.24, 2.45) is 5.10 Å². The number of benzene rings is 1. The number of nitrogens with zero attached hydrogens (tertiary/aromatic N) is 3. The highest BCUT2D eigenvalue weighted by Gasteiger charge is 2.32. The number of anilines is 2. The number of carbonyl (C=O) groups excluding carboxylic acids is 2. The smallest absolute Gasteiger partial charge is 0.414 e. The van der Waals surface area contributed by atoms with Crippen molar-refractivity contribution in [2.75, 3.05) is 36.0 Å². The first-order chi connectivity index (χ1) is 13.6. The summed E-state index contributed by atoms with van der Waals surface area (Å²) in [4.78, 5) is 28.4. The maximum absolute atomic E-state index is 12.2. The van der Waals surface area contributed by atoms with Gasteiger partial charge in [0.2, 0.25) is 0 Å². The fourth-order valence-corrected chi connectivity index (χ4v) is 3.95. The molecule has 1 unspecified atom stereocenters. The minimum absolute atomic E-state index is 0.228. The third kappa shape index (κ3) is 4.05. The molecule has 0 bridgehead atoms. The van der Waals surface area contributed by atoms with Crippen molar-refractivity contribution in [1.82, 2.24) is 10.7 Å². The maximum atomic E-state index is 12.2. The zero-order valence-corrected chi connectivity index (χ0v) is 16.4. The van der Waals surface area contributed by atoms with Gasteiger partial charge in [-0.05, 0) is 36.4 Å². The van der Waals surface area contributed by atoms with E-state index in [1.165, 1.54) is 11.3 Å². The molecule has 2 amide bonds. The molecule has 0 radical (unpaired) electrons. The van der Waals surface area contributed by atoms with Crippen molar-refractivity contribution in [3.05, 3.63) is 45.6 Å². The van der Waals surface area contributed by atoms with Gasteiger partial charge in [-0.25, -0.2) is 4.79 Å². The minimum atomic E-state index is -0.421. The van der Waals surface area contributed by atoms with E-state index < -0.39 is 12.2 Å². The Morgan fingerprint density at radius 3 is 2.75 bits per heavy atom. The van der Waals surface area contributed by atoms with Crippen LogP contribution in [0.3, 0.4) is 0 Å². The molecule has 1 aromatic carbocycles. The number of halogens is 1. The topological polar surface area (TPSA) is 86.3 Å². The van der Waals surface area contributed by atoms with Crippen molar-refractivity contribution in [3.63, 3.8) is 0 Å². The van der Waals surface area contributed by atoms with Crippen LogP contribution in [0.15, 0.2) is 41.5 Å². The summed E-state index contributed by atoms with van der Waals surface area (Å²) in [6.45, 7) is 2.22. The molecule has 1 atom stereocenters. The predicted octanol–water partition coefficient (Wildman–Crippen LogP) is 2.51. The third-order valence-electron chi connectivity index (χ3n) is 4.41. The molecular weight excluding hydrogens is 402 g/mol. The molecule has 2 aliphatic heterocycles. The van der Waals surface area contributed by atoms with Crippen LogP contribution in [0.25, 0.3) is 0 Å². The van der Waals surface area contributed by atoms with Crippen LogP contribution in [0.2, 0.25) is 4.34 Å². The van der Waals surface area contributed by atoms with Gasteiger partial charge >= 0.3 is 6.09 Å². The van der Waals surface area contributed by atoms with E-state index in [1.54, 1.807) is 23.4 Å². The van der Waals surface area contributed by atoms with E-state index in [9.17, 15) is 9.59 Å². The average Bonchev–Trinajstić information content (AvgIpc) is 3.32. The van der Waals surface area contributed by atoms with E-state index in [4.69, 9.17) is 16.3 Å². The van der Waals surface area contributed by atoms with Gasteiger partial charge in [-0.2, -0.15) is 5.10 Å². The van der Waals surface area contributed by atoms with Gasteiger partial charge in [0.1, 0.15) is 12.4 Å². The molecule has 0 saturated carbocycles. The van der Waals surface area contributed by atoms with Crippen LogP contribution < -0.4 is 20.5 Å². The highest BCUT2D eigenvalue weighted by molar-refractivity contribution is 7.18. The number of hydrogen-bond acceptors (Lipinski definition) is 7. The molecular formula is C18H18ClN5O3S. The van der Waals surface area contributed by atoms with Gasteiger partial charge in [0.05, 0.1) is 28.8 Å². The molecule has 1 fully saturated rings. The number of thiophene rings is 1. The van der Waals surface area contributed by atoms with Gasteiger partial charge in [-0.3, -0.25) is 9.69 Å². The Morgan fingerprint density at radius 2 is 2.07 bits per heavy atom. The number of hydrogen-bond donors (Lipinski definition) is 2. The Bertz CT molecular complexity index is 901. The number of hydrazone groups is 1. The molecule has 146 valence electrons. The maximum Gasteiger partial charge on any atom is 0.414 e. The molecule has 3 heterocycles. The number of carbonyl (C=O) groups is 2. The molecule has 10 heteroatoms. The Labute approximate surface area is 170 Å². The second-order valence-corrected chi connectivity index (χ2v) is 8.01. The molecule has 0 spiro atoms. The van der Waals surface area contributed by atoms with E-state index in [1.807, 2.05) is 29.2 Å². The molecule has 28 heavy (non-hydrogen) atoms. The van der Waals surface area contributed by atoms with Crippen LogP contribution in [0.5, 0.6) is 0 Å². The molecule has 1 aromatic heterocycles. The Balaban J connectivity index is 1.34. The summed E-state index contributed by atoms with van der Waals surface area (Å²) >= 11 is 7.06. The molecule has 2 aromatic rings. The standard InChI is InChI=1S/C18H18ClN5O3S/c19-16-6-5-15(28-16)17(25)20-9-14-10-24(18(26)27-14)13-3-1-12(2-4-13)23-8-7-21-22-11-23/h1-6,11,14,21H,7-10H2,(H,20,25). The van der Waals surface area contributed by atoms with Crippen LogP contribution in [0.1, 0.15) is 9.67 Å². The number of nitrogens with one attached hydrogen (secondary N) is 2. The summed E-state index contributed by atoms with van der Waals surface area (Å²) in [5, 5.41) is 6.82. The van der Waals surface area contributed by atoms with Crippen LogP contribution in [0.4, 0.5) is 16.2 Å². The minimum Gasteiger partial charge on any atom is -0.442 e. The van der Waals surface area contributed by atoms with E-state index >= 15 is 0 Å². The fourth-order valence-electron chi connectivity index (χ4n) is 2.99. The summed E-state index contributed by atoms with van der Waals surface area (Å²) in [5.74, 6) is -0.228. The Hall–Kier alpha value is -2.78. The lowest BCUT2D eigenvalue weighted by atomic mass is 10.2. The predicted molar refractivity (Wildman–Crippen MR) is 110 cm³/mol. The first kappa shape index (κ1) is 18.6. The quantitative estimate of drug-likeness (QED) is 0.777. The number of ether oxygens (including phenoxy) is 1. The van der Waals surface area contributed by atoms with Gasteiger partial charge in [-0.1, -0.05) is 11.6 Å². The molecule has 0 aliphatic carbocycles. The fraction of sp³-hybridized carbons (Fsp3) is 0.278. The summed E-state index contributed by atoms with van der Waals surface area (Å²) < 4.78 is 5.93. The van der Waals surface area contributed by atoms with Gasteiger partial charge < -0.3 is 20.4 Å². The van der Waals surface area contributed by atoms with Gasteiger partial charge in [0.25, 0.3) is 5.91 Å². The lowest BCUT2D eigenvalue weighted by Crippen LogP contribution is -2.35. The zero-order chi connectivity index (χ0) is 19.5. The molecule has 4 rings (SSSR count). The highest BCUT2D eigenvalue weighted by atomic mass is 35.5. The van der Waals surface area contributed by atoms with Crippen molar-refractivity contribution in [2.45, 2.75) is 6.10 Å². The van der Waals surface area contributed by atoms with E-state index in [0.29, 0.717) is 15.8 Å². The molecule has 8 nitrogen and oxygen atoms in total. The lowest BCUT2D eigenvalue weighted by molar-refractivity contribution is 0.0920. The van der Waals surface area contributed by atoms with Gasteiger partial charge in [0, 0.05) is 17.9 Å². The summed E-state index contributed by atoms with van der Waals surface area (Å²) in [7, 11) is 0. The Morgan fingerprint density at radius 1 is 1.29 bits per heavy atom. The molecule has 2 N–H and O–H groups in total. The number of cyclic esters (lactones) is 1. The van der Waals surface area contributed by atoms with Crippen LogP contribution in [-0.2, 0) is 4.74 Å². The van der Waals surface area contributed by atoms with Crippen molar-refractivity contribution >= 4 is 52.7 Å². The van der Waals surface area contributed by atoms with Gasteiger partial charge in [0.15, 0.2) is 0 Å². The normalized spacial score (nSPS) is 18.8.